The molecule has 2 heterocycles. The summed E-state index contributed by atoms with van der Waals surface area (Å²) in [5.41, 5.74) is 8.78. The van der Waals surface area contributed by atoms with E-state index in [0.717, 1.165) is 55.5 Å². The van der Waals surface area contributed by atoms with E-state index in [1.807, 2.05) is 18.2 Å². The molecule has 0 atom stereocenters. The zero-order valence-corrected chi connectivity index (χ0v) is 13.6. The van der Waals surface area contributed by atoms with Crippen LogP contribution in [0.3, 0.4) is 0 Å². The number of carbonyl (C=O) groups is 2. The van der Waals surface area contributed by atoms with Gasteiger partial charge in [0.25, 0.3) is 0 Å². The molecule has 124 valence electrons. The largest absolute Gasteiger partial charge is 0.398 e. The first-order chi connectivity index (χ1) is 11.2. The molecule has 0 radical (unpaired) electrons. The fraction of sp³-hybridized carbons (Fsp3) is 0.556. The van der Waals surface area contributed by atoms with Crippen LogP contribution in [0.4, 0.5) is 11.4 Å². The van der Waals surface area contributed by atoms with Gasteiger partial charge in [0.15, 0.2) is 0 Å². The number of fused-ring (bicyclic) bond motifs is 1. The second kappa shape index (κ2) is 7.02. The van der Waals surface area contributed by atoms with Crippen molar-refractivity contribution in [2.24, 2.45) is 0 Å². The number of hydrogen-bond donors (Lipinski definition) is 1. The van der Waals surface area contributed by atoms with Crippen molar-refractivity contribution >= 4 is 23.2 Å². The number of benzene rings is 1. The Kier molecular flexibility index (Phi) is 4.84. The Balaban J connectivity index is 1.74. The van der Waals surface area contributed by atoms with Crippen molar-refractivity contribution in [2.75, 3.05) is 30.3 Å². The number of nitrogens with zero attached hydrogens (tertiary/aromatic N) is 2. The van der Waals surface area contributed by atoms with E-state index >= 15 is 0 Å². The van der Waals surface area contributed by atoms with Crippen molar-refractivity contribution in [3.63, 3.8) is 0 Å². The standard InChI is InChI=1S/C18H25N3O2/c19-15-8-5-9-16-14(15)7-6-12-21(16)18(23)13-20-11-4-2-1-3-10-17(20)22/h5,8-9H,1-4,6-7,10-13,19H2. The molecule has 0 unspecified atom stereocenters. The Labute approximate surface area is 137 Å². The second-order valence-corrected chi connectivity index (χ2v) is 6.47. The van der Waals surface area contributed by atoms with Crippen LogP contribution in [-0.4, -0.2) is 36.3 Å². The van der Waals surface area contributed by atoms with Gasteiger partial charge in [0.2, 0.25) is 11.8 Å². The highest BCUT2D eigenvalue weighted by molar-refractivity contribution is 5.98. The number of nitrogens with two attached hydrogens (primary N) is 1. The van der Waals surface area contributed by atoms with Gasteiger partial charge in [-0.25, -0.2) is 0 Å². The lowest BCUT2D eigenvalue weighted by Gasteiger charge is -2.33. The Morgan fingerprint density at radius 3 is 2.74 bits per heavy atom. The topological polar surface area (TPSA) is 66.6 Å². The number of anilines is 2. The first-order valence-corrected chi connectivity index (χ1v) is 8.62. The Hall–Kier alpha value is -2.04. The number of rotatable bonds is 2. The molecule has 2 N–H and O–H groups in total. The van der Waals surface area contributed by atoms with Crippen LogP contribution in [0.15, 0.2) is 18.2 Å². The molecular formula is C18H25N3O2. The van der Waals surface area contributed by atoms with Crippen LogP contribution in [0.1, 0.15) is 44.1 Å². The molecule has 0 aromatic heterocycles. The average molecular weight is 315 g/mol. The molecule has 0 spiro atoms. The summed E-state index contributed by atoms with van der Waals surface area (Å²) in [5, 5.41) is 0. The van der Waals surface area contributed by atoms with Crippen LogP contribution in [0.5, 0.6) is 0 Å². The second-order valence-electron chi connectivity index (χ2n) is 6.47. The minimum Gasteiger partial charge on any atom is -0.398 e. The van der Waals surface area contributed by atoms with Gasteiger partial charge in [-0.3, -0.25) is 9.59 Å². The highest BCUT2D eigenvalue weighted by Crippen LogP contribution is 2.31. The zero-order valence-electron chi connectivity index (χ0n) is 13.6. The van der Waals surface area contributed by atoms with E-state index in [0.29, 0.717) is 19.5 Å². The van der Waals surface area contributed by atoms with E-state index in [9.17, 15) is 9.59 Å². The smallest absolute Gasteiger partial charge is 0.246 e. The van der Waals surface area contributed by atoms with E-state index in [4.69, 9.17) is 5.73 Å². The number of nitrogen functional groups attached to an aromatic ring is 1. The summed E-state index contributed by atoms with van der Waals surface area (Å²) in [6.07, 6.45) is 6.58. The van der Waals surface area contributed by atoms with E-state index in [1.165, 1.54) is 0 Å². The van der Waals surface area contributed by atoms with Crippen LogP contribution in [0.2, 0.25) is 0 Å². The number of carbonyl (C=O) groups excluding carboxylic acids is 2. The van der Waals surface area contributed by atoms with Crippen molar-refractivity contribution in [3.05, 3.63) is 23.8 Å². The van der Waals surface area contributed by atoms with Crippen molar-refractivity contribution < 1.29 is 9.59 Å². The molecule has 0 saturated carbocycles. The highest BCUT2D eigenvalue weighted by Gasteiger charge is 2.26. The van der Waals surface area contributed by atoms with Gasteiger partial charge in [-0.05, 0) is 43.4 Å². The zero-order chi connectivity index (χ0) is 16.2. The molecule has 3 rings (SSSR count). The summed E-state index contributed by atoms with van der Waals surface area (Å²) in [4.78, 5) is 28.5. The summed E-state index contributed by atoms with van der Waals surface area (Å²) < 4.78 is 0. The van der Waals surface area contributed by atoms with E-state index in [-0.39, 0.29) is 18.4 Å². The van der Waals surface area contributed by atoms with Crippen molar-refractivity contribution in [2.45, 2.75) is 44.9 Å². The summed E-state index contributed by atoms with van der Waals surface area (Å²) in [7, 11) is 0. The van der Waals surface area contributed by atoms with Gasteiger partial charge in [-0.2, -0.15) is 0 Å². The van der Waals surface area contributed by atoms with Gasteiger partial charge in [-0.15, -0.1) is 0 Å². The minimum atomic E-state index is 0.00507. The molecule has 1 saturated heterocycles. The van der Waals surface area contributed by atoms with Crippen LogP contribution in [-0.2, 0) is 16.0 Å². The third-order valence-corrected chi connectivity index (χ3v) is 4.84. The predicted molar refractivity (Wildman–Crippen MR) is 91.2 cm³/mol. The molecule has 5 nitrogen and oxygen atoms in total. The van der Waals surface area contributed by atoms with E-state index in [2.05, 4.69) is 0 Å². The van der Waals surface area contributed by atoms with Crippen molar-refractivity contribution in [3.8, 4) is 0 Å². The van der Waals surface area contributed by atoms with E-state index in [1.54, 1.807) is 9.80 Å². The lowest BCUT2D eigenvalue weighted by molar-refractivity contribution is -0.135. The summed E-state index contributed by atoms with van der Waals surface area (Å²) >= 11 is 0. The number of amides is 2. The summed E-state index contributed by atoms with van der Waals surface area (Å²) in [6.45, 7) is 1.59. The number of likely N-dealkylation sites (tertiary alicyclic amines) is 1. The fourth-order valence-electron chi connectivity index (χ4n) is 3.54. The molecule has 2 amide bonds. The van der Waals surface area contributed by atoms with Gasteiger partial charge in [-0.1, -0.05) is 18.9 Å². The average Bonchev–Trinajstić information content (AvgIpc) is 2.54. The Bertz CT molecular complexity index is 600. The van der Waals surface area contributed by atoms with Crippen molar-refractivity contribution in [1.29, 1.82) is 0 Å². The lowest BCUT2D eigenvalue weighted by Crippen LogP contribution is -2.45. The fourth-order valence-corrected chi connectivity index (χ4v) is 3.54. The SMILES string of the molecule is Nc1cccc2c1CCCN2C(=O)CN1CCCCCCC1=O. The molecule has 2 aliphatic rings. The monoisotopic (exact) mass is 315 g/mol. The van der Waals surface area contributed by atoms with Gasteiger partial charge in [0, 0.05) is 30.9 Å². The van der Waals surface area contributed by atoms with Gasteiger partial charge in [0.05, 0.1) is 0 Å². The van der Waals surface area contributed by atoms with Crippen molar-refractivity contribution in [1.82, 2.24) is 4.90 Å². The third kappa shape index (κ3) is 3.49. The molecule has 23 heavy (non-hydrogen) atoms. The molecule has 1 fully saturated rings. The molecular weight excluding hydrogens is 290 g/mol. The van der Waals surface area contributed by atoms with Gasteiger partial charge < -0.3 is 15.5 Å². The van der Waals surface area contributed by atoms with Crippen LogP contribution >= 0.6 is 0 Å². The highest BCUT2D eigenvalue weighted by atomic mass is 16.2. The molecule has 1 aromatic rings. The van der Waals surface area contributed by atoms with Crippen LogP contribution in [0.25, 0.3) is 0 Å². The van der Waals surface area contributed by atoms with Gasteiger partial charge in [0.1, 0.15) is 6.54 Å². The maximum absolute atomic E-state index is 12.8. The summed E-state index contributed by atoms with van der Waals surface area (Å²) in [5.74, 6) is 0.119. The molecule has 5 heteroatoms. The quantitative estimate of drug-likeness (QED) is 0.852. The molecule has 2 aliphatic heterocycles. The molecule has 0 aliphatic carbocycles. The van der Waals surface area contributed by atoms with Gasteiger partial charge >= 0.3 is 0 Å². The first-order valence-electron chi connectivity index (χ1n) is 8.62. The normalized spacial score (nSPS) is 19.0. The molecule has 1 aromatic carbocycles. The third-order valence-electron chi connectivity index (χ3n) is 4.84. The lowest BCUT2D eigenvalue weighted by atomic mass is 9.99. The molecule has 0 bridgehead atoms. The maximum atomic E-state index is 12.8. The number of hydrogen-bond acceptors (Lipinski definition) is 3. The van der Waals surface area contributed by atoms with E-state index < -0.39 is 0 Å². The Morgan fingerprint density at radius 1 is 1.04 bits per heavy atom. The summed E-state index contributed by atoms with van der Waals surface area (Å²) in [6, 6.07) is 5.73. The maximum Gasteiger partial charge on any atom is 0.246 e. The first kappa shape index (κ1) is 15.8. The Morgan fingerprint density at radius 2 is 1.87 bits per heavy atom. The van der Waals surface area contributed by atoms with Crippen LogP contribution in [0, 0.1) is 0 Å². The minimum absolute atomic E-state index is 0.00507. The van der Waals surface area contributed by atoms with Crippen LogP contribution < -0.4 is 10.6 Å². The predicted octanol–water partition coefficient (Wildman–Crippen LogP) is 2.34.